The quantitative estimate of drug-likeness (QED) is 0.741. The lowest BCUT2D eigenvalue weighted by Crippen LogP contribution is -2.47. The number of unbranched alkanes of at least 4 members (excludes halogenated alkanes) is 1. The Hall–Kier alpha value is -0.0800. The average molecular weight is 266 g/mol. The molecule has 0 aromatic rings. The normalized spacial score (nSPS) is 29.2. The molecule has 0 aromatic carbocycles. The predicted molar refractivity (Wildman–Crippen MR) is 83.2 cm³/mol. The van der Waals surface area contributed by atoms with Gasteiger partial charge in [0.25, 0.3) is 0 Å². The summed E-state index contributed by atoms with van der Waals surface area (Å²) in [4.78, 5) is 2.82. The molecule has 2 nitrogen and oxygen atoms in total. The number of rotatable bonds is 6. The third kappa shape index (κ3) is 4.46. The van der Waals surface area contributed by atoms with Crippen molar-refractivity contribution in [1.82, 2.24) is 4.90 Å². The van der Waals surface area contributed by atoms with Crippen molar-refractivity contribution in [3.63, 3.8) is 0 Å². The van der Waals surface area contributed by atoms with Gasteiger partial charge >= 0.3 is 0 Å². The molecule has 19 heavy (non-hydrogen) atoms. The molecule has 0 radical (unpaired) electrons. The molecule has 1 aliphatic carbocycles. The lowest BCUT2D eigenvalue weighted by molar-refractivity contribution is 0.0589. The van der Waals surface area contributed by atoms with E-state index in [2.05, 4.69) is 18.7 Å². The van der Waals surface area contributed by atoms with Gasteiger partial charge in [0.15, 0.2) is 0 Å². The Balaban J connectivity index is 1.70. The molecule has 2 heteroatoms. The number of likely N-dealkylation sites (tertiary alicyclic amines) is 1. The van der Waals surface area contributed by atoms with E-state index in [4.69, 9.17) is 5.73 Å². The number of hydrogen-bond donors (Lipinski definition) is 1. The maximum atomic E-state index is 5.81. The van der Waals surface area contributed by atoms with Crippen LogP contribution in [0.2, 0.25) is 0 Å². The summed E-state index contributed by atoms with van der Waals surface area (Å²) in [6.45, 7) is 8.11. The van der Waals surface area contributed by atoms with E-state index in [0.717, 1.165) is 18.5 Å². The summed E-state index contributed by atoms with van der Waals surface area (Å²) in [6.07, 6.45) is 12.9. The van der Waals surface area contributed by atoms with E-state index < -0.39 is 0 Å². The molecular formula is C17H34N2. The van der Waals surface area contributed by atoms with Crippen molar-refractivity contribution in [2.24, 2.45) is 17.1 Å². The van der Waals surface area contributed by atoms with Crippen LogP contribution in [0.4, 0.5) is 0 Å². The largest absolute Gasteiger partial charge is 0.330 e. The minimum Gasteiger partial charge on any atom is -0.330 e. The van der Waals surface area contributed by atoms with Crippen molar-refractivity contribution in [2.45, 2.75) is 77.7 Å². The zero-order chi connectivity index (χ0) is 13.7. The van der Waals surface area contributed by atoms with E-state index in [1.165, 1.54) is 70.9 Å². The van der Waals surface area contributed by atoms with Gasteiger partial charge in [-0.3, -0.25) is 0 Å². The van der Waals surface area contributed by atoms with Gasteiger partial charge < -0.3 is 10.6 Å². The summed E-state index contributed by atoms with van der Waals surface area (Å²) in [5, 5.41) is 0. The maximum absolute atomic E-state index is 5.81. The van der Waals surface area contributed by atoms with Crippen molar-refractivity contribution in [2.75, 3.05) is 19.6 Å². The Morgan fingerprint density at radius 2 is 1.79 bits per heavy atom. The van der Waals surface area contributed by atoms with Crippen LogP contribution in [0.25, 0.3) is 0 Å². The van der Waals surface area contributed by atoms with E-state index >= 15 is 0 Å². The van der Waals surface area contributed by atoms with E-state index in [1.807, 2.05) is 0 Å². The standard InChI is InChI=1S/C17H34N2/c1-17(2,14-18)11-5-6-12-19-13-7-9-15-8-3-4-10-16(15)19/h15-16H,3-14,18H2,1-2H3. The van der Waals surface area contributed by atoms with Crippen LogP contribution in [0.3, 0.4) is 0 Å². The van der Waals surface area contributed by atoms with E-state index in [9.17, 15) is 0 Å². The highest BCUT2D eigenvalue weighted by molar-refractivity contribution is 4.87. The lowest BCUT2D eigenvalue weighted by Gasteiger charge is -2.44. The van der Waals surface area contributed by atoms with Crippen LogP contribution < -0.4 is 5.73 Å². The number of nitrogens with two attached hydrogens (primary N) is 1. The van der Waals surface area contributed by atoms with Gasteiger partial charge in [-0.05, 0) is 69.5 Å². The lowest BCUT2D eigenvalue weighted by atomic mass is 9.78. The van der Waals surface area contributed by atoms with Crippen molar-refractivity contribution in [3.8, 4) is 0 Å². The fourth-order valence-corrected chi connectivity index (χ4v) is 4.03. The summed E-state index contributed by atoms with van der Waals surface area (Å²) in [7, 11) is 0. The highest BCUT2D eigenvalue weighted by Gasteiger charge is 2.32. The molecule has 1 saturated heterocycles. The first-order valence-corrected chi connectivity index (χ1v) is 8.56. The molecule has 2 atom stereocenters. The van der Waals surface area contributed by atoms with Gasteiger partial charge in [0.2, 0.25) is 0 Å². The fraction of sp³-hybridized carbons (Fsp3) is 1.00. The van der Waals surface area contributed by atoms with Gasteiger partial charge in [0, 0.05) is 6.04 Å². The summed E-state index contributed by atoms with van der Waals surface area (Å²) < 4.78 is 0. The smallest absolute Gasteiger partial charge is 0.0123 e. The predicted octanol–water partition coefficient (Wildman–Crippen LogP) is 3.80. The second kappa shape index (κ2) is 7.08. The summed E-state index contributed by atoms with van der Waals surface area (Å²) in [5.74, 6) is 1.03. The van der Waals surface area contributed by atoms with Crippen LogP contribution in [0.1, 0.15) is 71.6 Å². The van der Waals surface area contributed by atoms with Crippen LogP contribution in [-0.4, -0.2) is 30.6 Å². The third-order valence-electron chi connectivity index (χ3n) is 5.46. The Morgan fingerprint density at radius 1 is 1.05 bits per heavy atom. The maximum Gasteiger partial charge on any atom is 0.0123 e. The van der Waals surface area contributed by atoms with Gasteiger partial charge in [-0.15, -0.1) is 0 Å². The first-order valence-electron chi connectivity index (χ1n) is 8.56. The first kappa shape index (κ1) is 15.3. The molecule has 1 aliphatic heterocycles. The second-order valence-electron chi connectivity index (χ2n) is 7.62. The molecule has 2 aliphatic rings. The molecule has 2 fully saturated rings. The molecule has 1 heterocycles. The summed E-state index contributed by atoms with van der Waals surface area (Å²) in [5.41, 5.74) is 6.15. The molecular weight excluding hydrogens is 232 g/mol. The Morgan fingerprint density at radius 3 is 2.58 bits per heavy atom. The van der Waals surface area contributed by atoms with Crippen LogP contribution in [-0.2, 0) is 0 Å². The Kier molecular flexibility index (Phi) is 5.70. The van der Waals surface area contributed by atoms with Crippen LogP contribution in [0.5, 0.6) is 0 Å². The van der Waals surface area contributed by atoms with E-state index in [0.29, 0.717) is 5.41 Å². The van der Waals surface area contributed by atoms with Gasteiger partial charge in [0.05, 0.1) is 0 Å². The number of nitrogens with zero attached hydrogens (tertiary/aromatic N) is 1. The minimum atomic E-state index is 0.343. The molecule has 2 N–H and O–H groups in total. The zero-order valence-corrected chi connectivity index (χ0v) is 13.2. The SMILES string of the molecule is CC(C)(CN)CCCCN1CCCC2CCCCC21. The van der Waals surface area contributed by atoms with Crippen molar-refractivity contribution in [3.05, 3.63) is 0 Å². The monoisotopic (exact) mass is 266 g/mol. The minimum absolute atomic E-state index is 0.343. The zero-order valence-electron chi connectivity index (χ0n) is 13.2. The van der Waals surface area contributed by atoms with E-state index in [-0.39, 0.29) is 0 Å². The van der Waals surface area contributed by atoms with Gasteiger partial charge in [-0.25, -0.2) is 0 Å². The Labute approximate surface area is 120 Å². The summed E-state index contributed by atoms with van der Waals surface area (Å²) in [6, 6.07) is 0.935. The summed E-state index contributed by atoms with van der Waals surface area (Å²) >= 11 is 0. The van der Waals surface area contributed by atoms with Crippen molar-refractivity contribution in [1.29, 1.82) is 0 Å². The van der Waals surface area contributed by atoms with Crippen LogP contribution >= 0.6 is 0 Å². The van der Waals surface area contributed by atoms with Crippen molar-refractivity contribution < 1.29 is 0 Å². The number of piperidine rings is 1. The molecule has 2 rings (SSSR count). The fourth-order valence-electron chi connectivity index (χ4n) is 4.03. The highest BCUT2D eigenvalue weighted by Crippen LogP contribution is 2.35. The molecule has 0 amide bonds. The van der Waals surface area contributed by atoms with Crippen molar-refractivity contribution >= 4 is 0 Å². The third-order valence-corrected chi connectivity index (χ3v) is 5.46. The molecule has 1 saturated carbocycles. The molecule has 112 valence electrons. The van der Waals surface area contributed by atoms with Crippen LogP contribution in [0.15, 0.2) is 0 Å². The van der Waals surface area contributed by atoms with Gasteiger partial charge in [-0.2, -0.15) is 0 Å². The van der Waals surface area contributed by atoms with Crippen LogP contribution in [0, 0.1) is 11.3 Å². The molecule has 0 aromatic heterocycles. The molecule has 0 bridgehead atoms. The number of hydrogen-bond acceptors (Lipinski definition) is 2. The average Bonchev–Trinajstić information content (AvgIpc) is 2.44. The Bertz CT molecular complexity index is 260. The van der Waals surface area contributed by atoms with Gasteiger partial charge in [0.1, 0.15) is 0 Å². The van der Waals surface area contributed by atoms with E-state index in [1.54, 1.807) is 0 Å². The topological polar surface area (TPSA) is 29.3 Å². The second-order valence-corrected chi connectivity index (χ2v) is 7.62. The molecule has 2 unspecified atom stereocenters. The number of fused-ring (bicyclic) bond motifs is 1. The molecule has 0 spiro atoms. The van der Waals surface area contributed by atoms with Gasteiger partial charge in [-0.1, -0.05) is 33.1 Å². The first-order chi connectivity index (χ1) is 9.12. The highest BCUT2D eigenvalue weighted by atomic mass is 15.2.